The van der Waals surface area contributed by atoms with Crippen molar-refractivity contribution in [2.45, 2.75) is 32.3 Å². The number of carbonyl (C=O) groups excluding carboxylic acids is 2. The van der Waals surface area contributed by atoms with Crippen LogP contribution in [0.4, 0.5) is 20.6 Å². The highest BCUT2D eigenvalue weighted by Gasteiger charge is 2.33. The van der Waals surface area contributed by atoms with E-state index in [1.807, 2.05) is 4.90 Å². The maximum absolute atomic E-state index is 14.8. The van der Waals surface area contributed by atoms with Crippen molar-refractivity contribution in [2.24, 2.45) is 5.92 Å². The third-order valence-corrected chi connectivity index (χ3v) is 6.64. The Labute approximate surface area is 181 Å². The van der Waals surface area contributed by atoms with E-state index in [4.69, 9.17) is 17.0 Å². The van der Waals surface area contributed by atoms with Crippen LogP contribution in [0.25, 0.3) is 0 Å². The van der Waals surface area contributed by atoms with Crippen molar-refractivity contribution in [3.05, 3.63) is 24.0 Å². The van der Waals surface area contributed by atoms with Crippen LogP contribution in [0.15, 0.2) is 18.2 Å². The molecule has 1 saturated carbocycles. The van der Waals surface area contributed by atoms with Crippen molar-refractivity contribution in [1.82, 2.24) is 10.2 Å². The highest BCUT2D eigenvalue weighted by molar-refractivity contribution is 7.80. The number of cyclic esters (lactones) is 1. The zero-order valence-electron chi connectivity index (χ0n) is 17.1. The Morgan fingerprint density at radius 1 is 1.27 bits per heavy atom. The SMILES string of the molecule is CC(=O)N1CCN(c2ccc(N3C[C@H](CNC(=S)C4CCC4)OC3=O)cc2F)CC1. The van der Waals surface area contributed by atoms with E-state index >= 15 is 0 Å². The van der Waals surface area contributed by atoms with Gasteiger partial charge in [-0.25, -0.2) is 9.18 Å². The molecule has 0 bridgehead atoms. The molecule has 0 radical (unpaired) electrons. The summed E-state index contributed by atoms with van der Waals surface area (Å²) in [6.07, 6.45) is 2.67. The lowest BCUT2D eigenvalue weighted by Crippen LogP contribution is -2.48. The Bertz CT molecular complexity index is 840. The van der Waals surface area contributed by atoms with E-state index in [9.17, 15) is 14.0 Å². The minimum Gasteiger partial charge on any atom is -0.442 e. The number of amides is 2. The first-order valence-corrected chi connectivity index (χ1v) is 10.9. The first kappa shape index (κ1) is 20.8. The maximum atomic E-state index is 14.8. The van der Waals surface area contributed by atoms with Gasteiger partial charge in [0.25, 0.3) is 0 Å². The average Bonchev–Trinajstić information content (AvgIpc) is 3.06. The van der Waals surface area contributed by atoms with E-state index in [0.29, 0.717) is 56.6 Å². The standard InChI is InChI=1S/C21H27FN4O3S/c1-14(27)24-7-9-25(10-8-24)19-6-5-16(11-18(19)22)26-13-17(29-21(26)28)12-23-20(30)15-3-2-4-15/h5-6,11,15,17H,2-4,7-10,12-13H2,1H3,(H,23,30)/t17-/m0/s1. The number of anilines is 2. The molecule has 2 aliphatic heterocycles. The Hall–Kier alpha value is -2.42. The van der Waals surface area contributed by atoms with Crippen molar-refractivity contribution in [1.29, 1.82) is 0 Å². The van der Waals surface area contributed by atoms with Crippen molar-refractivity contribution in [3.8, 4) is 0 Å². The van der Waals surface area contributed by atoms with Crippen LogP contribution in [0.2, 0.25) is 0 Å². The lowest BCUT2D eigenvalue weighted by Gasteiger charge is -2.35. The summed E-state index contributed by atoms with van der Waals surface area (Å²) in [5, 5.41) is 3.21. The minimum atomic E-state index is -0.474. The largest absolute Gasteiger partial charge is 0.442 e. The van der Waals surface area contributed by atoms with E-state index < -0.39 is 6.09 Å². The van der Waals surface area contributed by atoms with E-state index in [0.717, 1.165) is 17.8 Å². The number of rotatable bonds is 5. The molecular weight excluding hydrogens is 407 g/mol. The molecule has 4 rings (SSSR count). The van der Waals surface area contributed by atoms with Gasteiger partial charge in [-0.1, -0.05) is 18.6 Å². The number of hydrogen-bond donors (Lipinski definition) is 1. The van der Waals surface area contributed by atoms with Gasteiger partial charge in [0.05, 0.1) is 29.5 Å². The van der Waals surface area contributed by atoms with Gasteiger partial charge in [-0.2, -0.15) is 0 Å². The molecule has 2 saturated heterocycles. The van der Waals surface area contributed by atoms with Crippen LogP contribution < -0.4 is 15.1 Å². The molecule has 2 heterocycles. The Morgan fingerprint density at radius 3 is 2.60 bits per heavy atom. The van der Waals surface area contributed by atoms with Gasteiger partial charge in [0.1, 0.15) is 11.9 Å². The first-order valence-electron chi connectivity index (χ1n) is 10.5. The molecule has 7 nitrogen and oxygen atoms in total. The second kappa shape index (κ2) is 8.75. The fraction of sp³-hybridized carbons (Fsp3) is 0.571. The summed E-state index contributed by atoms with van der Waals surface area (Å²) in [7, 11) is 0. The highest BCUT2D eigenvalue weighted by Crippen LogP contribution is 2.29. The normalized spacial score (nSPS) is 22.0. The highest BCUT2D eigenvalue weighted by atomic mass is 32.1. The number of thiocarbonyl (C=S) groups is 1. The lowest BCUT2D eigenvalue weighted by molar-refractivity contribution is -0.129. The van der Waals surface area contributed by atoms with Crippen LogP contribution in [0, 0.1) is 11.7 Å². The van der Waals surface area contributed by atoms with E-state index in [2.05, 4.69) is 5.32 Å². The minimum absolute atomic E-state index is 0.0375. The molecule has 0 aromatic heterocycles. The van der Waals surface area contributed by atoms with Crippen molar-refractivity contribution < 1.29 is 18.7 Å². The van der Waals surface area contributed by atoms with Crippen LogP contribution in [0.1, 0.15) is 26.2 Å². The van der Waals surface area contributed by atoms with Gasteiger partial charge < -0.3 is 19.9 Å². The molecule has 162 valence electrons. The summed E-state index contributed by atoms with van der Waals surface area (Å²) < 4.78 is 20.3. The summed E-state index contributed by atoms with van der Waals surface area (Å²) in [6, 6.07) is 4.81. The topological polar surface area (TPSA) is 65.1 Å². The van der Waals surface area contributed by atoms with E-state index in [1.54, 1.807) is 24.0 Å². The van der Waals surface area contributed by atoms with E-state index in [1.165, 1.54) is 17.4 Å². The van der Waals surface area contributed by atoms with Gasteiger partial charge in [-0.05, 0) is 31.0 Å². The molecule has 2 amide bonds. The molecule has 9 heteroatoms. The predicted octanol–water partition coefficient (Wildman–Crippen LogP) is 2.54. The summed E-state index contributed by atoms with van der Waals surface area (Å²) in [5.74, 6) is 0.104. The zero-order chi connectivity index (χ0) is 21.3. The number of hydrogen-bond acceptors (Lipinski definition) is 5. The molecule has 0 unspecified atom stereocenters. The maximum Gasteiger partial charge on any atom is 0.414 e. The van der Waals surface area contributed by atoms with Gasteiger partial charge in [-0.3, -0.25) is 9.69 Å². The molecule has 1 aromatic rings. The molecular formula is C21H27FN4O3S. The van der Waals surface area contributed by atoms with Crippen molar-refractivity contribution in [2.75, 3.05) is 49.1 Å². The summed E-state index contributed by atoms with van der Waals surface area (Å²) in [4.78, 5) is 29.8. The van der Waals surface area contributed by atoms with Gasteiger partial charge >= 0.3 is 6.09 Å². The Balaban J connectivity index is 1.35. The van der Waals surface area contributed by atoms with Gasteiger partial charge in [0.15, 0.2) is 0 Å². The monoisotopic (exact) mass is 434 g/mol. The fourth-order valence-corrected chi connectivity index (χ4v) is 4.37. The molecule has 1 atom stereocenters. The van der Waals surface area contributed by atoms with Crippen LogP contribution in [0.5, 0.6) is 0 Å². The molecule has 1 aliphatic carbocycles. The quantitative estimate of drug-likeness (QED) is 0.719. The Kier molecular flexibility index (Phi) is 6.08. The second-order valence-electron chi connectivity index (χ2n) is 8.12. The summed E-state index contributed by atoms with van der Waals surface area (Å²) in [5.41, 5.74) is 0.964. The third-order valence-electron chi connectivity index (χ3n) is 6.16. The number of benzene rings is 1. The van der Waals surface area contributed by atoms with Gasteiger partial charge in [-0.15, -0.1) is 0 Å². The Morgan fingerprint density at radius 2 is 2.00 bits per heavy atom. The van der Waals surface area contributed by atoms with Crippen LogP contribution in [0.3, 0.4) is 0 Å². The number of halogens is 1. The molecule has 3 aliphatic rings. The summed E-state index contributed by atoms with van der Waals surface area (Å²) >= 11 is 5.39. The zero-order valence-corrected chi connectivity index (χ0v) is 17.9. The number of ether oxygens (including phenoxy) is 1. The van der Waals surface area contributed by atoms with Gasteiger partial charge in [0, 0.05) is 39.0 Å². The molecule has 1 N–H and O–H groups in total. The third kappa shape index (κ3) is 4.35. The van der Waals surface area contributed by atoms with Gasteiger partial charge in [0.2, 0.25) is 5.91 Å². The molecule has 1 aromatic carbocycles. The molecule has 0 spiro atoms. The number of nitrogens with zero attached hydrogens (tertiary/aromatic N) is 3. The van der Waals surface area contributed by atoms with Crippen LogP contribution in [-0.4, -0.2) is 67.3 Å². The lowest BCUT2D eigenvalue weighted by atomic mass is 9.85. The second-order valence-corrected chi connectivity index (χ2v) is 8.56. The summed E-state index contributed by atoms with van der Waals surface area (Å²) in [6.45, 7) is 4.68. The number of carbonyl (C=O) groups is 2. The molecule has 30 heavy (non-hydrogen) atoms. The number of nitrogens with one attached hydrogen (secondary N) is 1. The number of piperazine rings is 1. The average molecular weight is 435 g/mol. The van der Waals surface area contributed by atoms with Crippen molar-refractivity contribution >= 4 is 40.6 Å². The first-order chi connectivity index (χ1) is 14.4. The van der Waals surface area contributed by atoms with E-state index in [-0.39, 0.29) is 17.8 Å². The predicted molar refractivity (Wildman–Crippen MR) is 116 cm³/mol. The molecule has 3 fully saturated rings. The smallest absolute Gasteiger partial charge is 0.414 e. The fourth-order valence-electron chi connectivity index (χ4n) is 4.05. The van der Waals surface area contributed by atoms with Crippen LogP contribution in [-0.2, 0) is 9.53 Å². The van der Waals surface area contributed by atoms with Crippen molar-refractivity contribution in [3.63, 3.8) is 0 Å². The van der Waals surface area contributed by atoms with Crippen LogP contribution >= 0.6 is 12.2 Å².